The monoisotopic (exact) mass is 306 g/mol. The number of rotatable bonds is 3. The minimum Gasteiger partial charge on any atom is -0.452 e. The molecule has 2 aromatic rings. The van der Waals surface area contributed by atoms with Crippen LogP contribution in [0.15, 0.2) is 16.7 Å². The Balaban J connectivity index is 2.32. The van der Waals surface area contributed by atoms with Gasteiger partial charge in [-0.15, -0.1) is 10.2 Å². The first-order valence-corrected chi connectivity index (χ1v) is 6.54. The molecule has 0 saturated heterocycles. The van der Waals surface area contributed by atoms with Crippen molar-refractivity contribution >= 4 is 38.9 Å². The fourth-order valence-electron chi connectivity index (χ4n) is 1.09. The van der Waals surface area contributed by atoms with Crippen LogP contribution in [-0.2, 0) is 0 Å². The van der Waals surface area contributed by atoms with Gasteiger partial charge in [0.05, 0.1) is 16.7 Å². The third-order valence-corrected chi connectivity index (χ3v) is 4.66. The van der Waals surface area contributed by atoms with Gasteiger partial charge in [-0.2, -0.15) is 0 Å². The van der Waals surface area contributed by atoms with Crippen molar-refractivity contribution in [3.8, 4) is 10.6 Å². The van der Waals surface area contributed by atoms with Gasteiger partial charge in [0.25, 0.3) is 0 Å². The van der Waals surface area contributed by atoms with Gasteiger partial charge in [-0.05, 0) is 24.1 Å². The van der Waals surface area contributed by atoms with Crippen molar-refractivity contribution in [1.82, 2.24) is 10.2 Å². The van der Waals surface area contributed by atoms with E-state index in [-0.39, 0.29) is 4.83 Å². The fraction of sp³-hybridized carbons (Fsp3) is 0.333. The van der Waals surface area contributed by atoms with Crippen molar-refractivity contribution in [2.75, 3.05) is 0 Å². The third kappa shape index (κ3) is 2.24. The topological polar surface area (TPSA) is 38.9 Å². The van der Waals surface area contributed by atoms with Crippen LogP contribution in [0.1, 0.15) is 23.2 Å². The molecule has 0 aliphatic rings. The highest BCUT2D eigenvalue weighted by Crippen LogP contribution is 2.35. The second kappa shape index (κ2) is 4.63. The molecule has 0 amide bonds. The van der Waals surface area contributed by atoms with E-state index in [1.165, 1.54) is 11.3 Å². The van der Waals surface area contributed by atoms with E-state index in [9.17, 15) is 0 Å². The largest absolute Gasteiger partial charge is 0.452 e. The van der Waals surface area contributed by atoms with Gasteiger partial charge in [0.2, 0.25) is 5.22 Å². The Bertz CT molecular complexity index is 456. The number of aromatic nitrogens is 2. The number of hydrogen-bond acceptors (Lipinski definition) is 4. The molecule has 3 nitrogen and oxygen atoms in total. The van der Waals surface area contributed by atoms with Crippen LogP contribution in [0.4, 0.5) is 0 Å². The van der Waals surface area contributed by atoms with Crippen LogP contribution >= 0.6 is 38.9 Å². The molecule has 0 saturated carbocycles. The van der Waals surface area contributed by atoms with Crippen LogP contribution in [0.5, 0.6) is 0 Å². The van der Waals surface area contributed by atoms with E-state index < -0.39 is 0 Å². The molecule has 1 unspecified atom stereocenters. The Labute approximate surface area is 105 Å². The van der Waals surface area contributed by atoms with E-state index in [0.717, 1.165) is 22.0 Å². The van der Waals surface area contributed by atoms with E-state index in [1.54, 1.807) is 12.3 Å². The standard InChI is InChI=1S/C9H8BrClN2OS/c1-2-6(10)9-13-12-8(15-9)5-3-4-14-7(5)11/h3-4,6H,2H2,1H3. The summed E-state index contributed by atoms with van der Waals surface area (Å²) < 4.78 is 5.01. The van der Waals surface area contributed by atoms with Gasteiger partial charge in [-0.25, -0.2) is 0 Å². The molecule has 2 aromatic heterocycles. The van der Waals surface area contributed by atoms with Crippen LogP contribution in [0.3, 0.4) is 0 Å². The van der Waals surface area contributed by atoms with Gasteiger partial charge in [0.15, 0.2) is 5.01 Å². The van der Waals surface area contributed by atoms with Gasteiger partial charge in [-0.1, -0.05) is 34.2 Å². The average molecular weight is 308 g/mol. The summed E-state index contributed by atoms with van der Waals surface area (Å²) in [6.45, 7) is 2.09. The maximum atomic E-state index is 5.86. The molecule has 0 N–H and O–H groups in total. The first kappa shape index (κ1) is 11.1. The van der Waals surface area contributed by atoms with Crippen LogP contribution < -0.4 is 0 Å². The van der Waals surface area contributed by atoms with Crippen LogP contribution in [0, 0.1) is 0 Å². The van der Waals surface area contributed by atoms with E-state index in [0.29, 0.717) is 5.22 Å². The molecule has 80 valence electrons. The molecular weight excluding hydrogens is 300 g/mol. The molecular formula is C9H8BrClN2OS. The van der Waals surface area contributed by atoms with Gasteiger partial charge in [0, 0.05) is 0 Å². The lowest BCUT2D eigenvalue weighted by Crippen LogP contribution is -1.84. The normalized spacial score (nSPS) is 13.0. The Morgan fingerprint density at radius 2 is 2.40 bits per heavy atom. The maximum Gasteiger partial charge on any atom is 0.203 e. The van der Waals surface area contributed by atoms with E-state index in [4.69, 9.17) is 16.0 Å². The first-order valence-electron chi connectivity index (χ1n) is 4.43. The minimum absolute atomic E-state index is 0.259. The van der Waals surface area contributed by atoms with Crippen LogP contribution in [-0.4, -0.2) is 10.2 Å². The van der Waals surface area contributed by atoms with Crippen molar-refractivity contribution in [1.29, 1.82) is 0 Å². The molecule has 6 heteroatoms. The number of furan rings is 1. The van der Waals surface area contributed by atoms with Gasteiger partial charge in [-0.3, -0.25) is 0 Å². The van der Waals surface area contributed by atoms with Crippen LogP contribution in [0.2, 0.25) is 5.22 Å². The predicted molar refractivity (Wildman–Crippen MR) is 64.6 cm³/mol. The van der Waals surface area contributed by atoms with Crippen LogP contribution in [0.25, 0.3) is 10.6 Å². The van der Waals surface area contributed by atoms with Crippen molar-refractivity contribution in [3.63, 3.8) is 0 Å². The number of alkyl halides is 1. The second-order valence-corrected chi connectivity index (χ2v) is 5.39. The van der Waals surface area contributed by atoms with Gasteiger partial charge >= 0.3 is 0 Å². The van der Waals surface area contributed by atoms with E-state index >= 15 is 0 Å². The summed E-state index contributed by atoms with van der Waals surface area (Å²) in [5.41, 5.74) is 0.802. The highest BCUT2D eigenvalue weighted by molar-refractivity contribution is 9.09. The van der Waals surface area contributed by atoms with Crippen molar-refractivity contribution in [3.05, 3.63) is 22.6 Å². The number of halogens is 2. The Kier molecular flexibility index (Phi) is 3.43. The molecule has 15 heavy (non-hydrogen) atoms. The molecule has 2 heterocycles. The minimum atomic E-state index is 0.259. The Hall–Kier alpha value is -0.390. The summed E-state index contributed by atoms with van der Waals surface area (Å²) >= 11 is 10.9. The Morgan fingerprint density at radius 3 is 3.00 bits per heavy atom. The fourth-order valence-corrected chi connectivity index (χ4v) is 2.65. The molecule has 1 atom stereocenters. The second-order valence-electron chi connectivity index (χ2n) is 2.93. The zero-order valence-corrected chi connectivity index (χ0v) is 11.1. The lowest BCUT2D eigenvalue weighted by Gasteiger charge is -1.97. The molecule has 0 fully saturated rings. The summed E-state index contributed by atoms with van der Waals surface area (Å²) in [5.74, 6) is 0. The molecule has 0 aliphatic carbocycles. The van der Waals surface area contributed by atoms with Crippen molar-refractivity contribution in [2.45, 2.75) is 18.2 Å². The van der Waals surface area contributed by atoms with Gasteiger partial charge in [0.1, 0.15) is 5.01 Å². The highest BCUT2D eigenvalue weighted by atomic mass is 79.9. The molecule has 0 bridgehead atoms. The Morgan fingerprint density at radius 1 is 1.60 bits per heavy atom. The zero-order chi connectivity index (χ0) is 10.8. The van der Waals surface area contributed by atoms with Crippen molar-refractivity contribution < 1.29 is 4.42 Å². The number of nitrogens with zero attached hydrogens (tertiary/aromatic N) is 2. The van der Waals surface area contributed by atoms with E-state index in [1.807, 2.05) is 0 Å². The van der Waals surface area contributed by atoms with E-state index in [2.05, 4.69) is 33.1 Å². The molecule has 0 radical (unpaired) electrons. The molecule has 0 aromatic carbocycles. The third-order valence-electron chi connectivity index (χ3n) is 1.92. The van der Waals surface area contributed by atoms with Crippen molar-refractivity contribution in [2.24, 2.45) is 0 Å². The molecule has 2 rings (SSSR count). The van der Waals surface area contributed by atoms with Gasteiger partial charge < -0.3 is 4.42 Å². The lowest BCUT2D eigenvalue weighted by molar-refractivity contribution is 0.570. The molecule has 0 spiro atoms. The summed E-state index contributed by atoms with van der Waals surface area (Å²) in [4.78, 5) is 0.259. The quantitative estimate of drug-likeness (QED) is 0.794. The smallest absolute Gasteiger partial charge is 0.203 e. The lowest BCUT2D eigenvalue weighted by atomic mass is 10.4. The zero-order valence-electron chi connectivity index (χ0n) is 7.91. The SMILES string of the molecule is CCC(Br)c1nnc(-c2ccoc2Cl)s1. The summed E-state index contributed by atoms with van der Waals surface area (Å²) in [5, 5.41) is 10.3. The predicted octanol–water partition coefficient (Wildman–Crippen LogP) is 4.30. The summed E-state index contributed by atoms with van der Waals surface area (Å²) in [7, 11) is 0. The average Bonchev–Trinajstić information content (AvgIpc) is 2.84. The molecule has 0 aliphatic heterocycles. The first-order chi connectivity index (χ1) is 7.22. The maximum absolute atomic E-state index is 5.86. The summed E-state index contributed by atoms with van der Waals surface area (Å²) in [6.07, 6.45) is 2.53. The highest BCUT2D eigenvalue weighted by Gasteiger charge is 2.15. The summed E-state index contributed by atoms with van der Waals surface area (Å²) in [6, 6.07) is 1.79. The number of hydrogen-bond donors (Lipinski definition) is 0.